The first-order chi connectivity index (χ1) is 9.54. The summed E-state index contributed by atoms with van der Waals surface area (Å²) in [6.07, 6.45) is 1.07. The minimum absolute atomic E-state index is 0.0131. The number of hydrogen-bond donors (Lipinski definition) is 0. The molecule has 1 aromatic carbocycles. The number of unbranched alkanes of at least 4 members (excludes halogenated alkanes) is 1. The Bertz CT molecular complexity index is 592. The highest BCUT2D eigenvalue weighted by atomic mass is 32.2. The number of amides is 1. The van der Waals surface area contributed by atoms with E-state index in [2.05, 4.69) is 6.07 Å². The van der Waals surface area contributed by atoms with Crippen molar-refractivity contribution < 1.29 is 9.59 Å². The van der Waals surface area contributed by atoms with Crippen molar-refractivity contribution >= 4 is 29.1 Å². The number of thioether (sulfide) groups is 1. The van der Waals surface area contributed by atoms with Gasteiger partial charge in [0.15, 0.2) is 5.78 Å². The van der Waals surface area contributed by atoms with Crippen LogP contribution >= 0.6 is 11.8 Å². The molecule has 5 heteroatoms. The molecule has 1 amide bonds. The first-order valence-corrected chi connectivity index (χ1v) is 7.42. The maximum atomic E-state index is 12.3. The van der Waals surface area contributed by atoms with Crippen LogP contribution in [0.25, 0.3) is 0 Å². The lowest BCUT2D eigenvalue weighted by molar-refractivity contribution is -0.118. The standard InChI is InChI=1S/C15H16N2O2S/c1-10(18)12-5-6-14-13(9-12)17(8-4-3-7-16)15(19)11(2)20-14/h5-6,9,11H,3-4,8H2,1-2H3. The highest BCUT2D eigenvalue weighted by Gasteiger charge is 2.30. The summed E-state index contributed by atoms with van der Waals surface area (Å²) in [5, 5.41) is 8.49. The van der Waals surface area contributed by atoms with Gasteiger partial charge in [-0.25, -0.2) is 0 Å². The summed E-state index contributed by atoms with van der Waals surface area (Å²) in [7, 11) is 0. The number of carbonyl (C=O) groups excluding carboxylic acids is 2. The van der Waals surface area contributed by atoms with E-state index in [-0.39, 0.29) is 16.9 Å². The number of benzene rings is 1. The van der Waals surface area contributed by atoms with Gasteiger partial charge < -0.3 is 4.90 Å². The Morgan fingerprint density at radius 3 is 2.90 bits per heavy atom. The molecule has 4 nitrogen and oxygen atoms in total. The molecule has 20 heavy (non-hydrogen) atoms. The highest BCUT2D eigenvalue weighted by Crippen LogP contribution is 2.39. The van der Waals surface area contributed by atoms with E-state index < -0.39 is 0 Å². The molecule has 0 N–H and O–H groups in total. The van der Waals surface area contributed by atoms with E-state index in [1.807, 2.05) is 13.0 Å². The number of nitrogens with zero attached hydrogens (tertiary/aromatic N) is 2. The number of carbonyl (C=O) groups is 2. The van der Waals surface area contributed by atoms with Crippen molar-refractivity contribution in [2.45, 2.75) is 36.8 Å². The lowest BCUT2D eigenvalue weighted by Crippen LogP contribution is -2.40. The molecule has 0 spiro atoms. The molecule has 1 aliphatic rings. The molecule has 104 valence electrons. The van der Waals surface area contributed by atoms with Crippen molar-refractivity contribution in [3.05, 3.63) is 23.8 Å². The van der Waals surface area contributed by atoms with Gasteiger partial charge in [0, 0.05) is 23.4 Å². The van der Waals surface area contributed by atoms with Gasteiger partial charge in [-0.2, -0.15) is 5.26 Å². The number of nitriles is 1. The zero-order chi connectivity index (χ0) is 14.7. The SMILES string of the molecule is CC(=O)c1ccc2c(c1)N(CCCC#N)C(=O)C(C)S2. The molecule has 0 bridgehead atoms. The molecule has 1 heterocycles. The van der Waals surface area contributed by atoms with Crippen LogP contribution in [0.1, 0.15) is 37.0 Å². The van der Waals surface area contributed by atoms with Gasteiger partial charge in [-0.15, -0.1) is 11.8 Å². The van der Waals surface area contributed by atoms with Crippen LogP contribution in [0.4, 0.5) is 5.69 Å². The second kappa shape index (κ2) is 6.10. The predicted molar refractivity (Wildman–Crippen MR) is 79.0 cm³/mol. The van der Waals surface area contributed by atoms with Gasteiger partial charge in [0.25, 0.3) is 0 Å². The lowest BCUT2D eigenvalue weighted by atomic mass is 10.1. The van der Waals surface area contributed by atoms with E-state index in [1.54, 1.807) is 17.0 Å². The molecule has 0 fully saturated rings. The fraction of sp³-hybridized carbons (Fsp3) is 0.400. The summed E-state index contributed by atoms with van der Waals surface area (Å²) in [5.74, 6) is 0.0296. The molecule has 1 aliphatic heterocycles. The fourth-order valence-electron chi connectivity index (χ4n) is 2.17. The molecular formula is C15H16N2O2S. The largest absolute Gasteiger partial charge is 0.310 e. The van der Waals surface area contributed by atoms with Crippen LogP contribution in [0.2, 0.25) is 0 Å². The second-order valence-electron chi connectivity index (χ2n) is 4.75. The minimum atomic E-state index is -0.132. The van der Waals surface area contributed by atoms with E-state index in [0.717, 1.165) is 10.6 Å². The van der Waals surface area contributed by atoms with Gasteiger partial charge in [0.05, 0.1) is 17.0 Å². The van der Waals surface area contributed by atoms with Crippen molar-refractivity contribution in [1.82, 2.24) is 0 Å². The molecule has 1 aromatic rings. The summed E-state index contributed by atoms with van der Waals surface area (Å²) in [5.41, 5.74) is 1.40. The van der Waals surface area contributed by atoms with Gasteiger partial charge in [0.1, 0.15) is 0 Å². The molecule has 0 saturated carbocycles. The Morgan fingerprint density at radius 1 is 1.50 bits per heavy atom. The Labute approximate surface area is 122 Å². The molecule has 0 aliphatic carbocycles. The molecule has 1 unspecified atom stereocenters. The number of rotatable bonds is 4. The van der Waals surface area contributed by atoms with Crippen LogP contribution in [-0.4, -0.2) is 23.5 Å². The molecular weight excluding hydrogens is 272 g/mol. The Kier molecular flexibility index (Phi) is 4.46. The van der Waals surface area contributed by atoms with Crippen LogP contribution in [0.5, 0.6) is 0 Å². The smallest absolute Gasteiger partial charge is 0.240 e. The Morgan fingerprint density at radius 2 is 2.25 bits per heavy atom. The van der Waals surface area contributed by atoms with Gasteiger partial charge in [-0.3, -0.25) is 9.59 Å². The van der Waals surface area contributed by atoms with E-state index in [9.17, 15) is 9.59 Å². The van der Waals surface area contributed by atoms with Crippen molar-refractivity contribution in [1.29, 1.82) is 5.26 Å². The number of anilines is 1. The monoisotopic (exact) mass is 288 g/mol. The normalized spacial score (nSPS) is 17.6. The first-order valence-electron chi connectivity index (χ1n) is 6.54. The van der Waals surface area contributed by atoms with Gasteiger partial charge in [0.2, 0.25) is 5.91 Å². The predicted octanol–water partition coefficient (Wildman–Crippen LogP) is 3.02. The first kappa shape index (κ1) is 14.6. The van der Waals surface area contributed by atoms with Crippen LogP contribution in [0, 0.1) is 11.3 Å². The number of ketones is 1. The van der Waals surface area contributed by atoms with E-state index in [1.165, 1.54) is 18.7 Å². The molecule has 0 aromatic heterocycles. The molecule has 0 saturated heterocycles. The van der Waals surface area contributed by atoms with Crippen molar-refractivity contribution in [2.75, 3.05) is 11.4 Å². The molecule has 0 radical (unpaired) electrons. The zero-order valence-electron chi connectivity index (χ0n) is 11.5. The van der Waals surface area contributed by atoms with Crippen molar-refractivity contribution in [2.24, 2.45) is 0 Å². The molecule has 1 atom stereocenters. The molecule has 2 rings (SSSR count). The third kappa shape index (κ3) is 2.86. The maximum absolute atomic E-state index is 12.3. The summed E-state index contributed by atoms with van der Waals surface area (Å²) >= 11 is 1.52. The topological polar surface area (TPSA) is 61.2 Å². The number of fused-ring (bicyclic) bond motifs is 1. The second-order valence-corrected chi connectivity index (χ2v) is 6.13. The fourth-order valence-corrected chi connectivity index (χ4v) is 3.22. The third-order valence-corrected chi connectivity index (χ3v) is 4.40. The minimum Gasteiger partial charge on any atom is -0.310 e. The summed E-state index contributed by atoms with van der Waals surface area (Å²) in [4.78, 5) is 26.5. The quantitative estimate of drug-likeness (QED) is 0.631. The van der Waals surface area contributed by atoms with Gasteiger partial charge in [-0.05, 0) is 32.4 Å². The number of Topliss-reactive ketones (excluding diaryl/α,β-unsaturated/α-hetero) is 1. The zero-order valence-corrected chi connectivity index (χ0v) is 12.4. The van der Waals surface area contributed by atoms with E-state index in [4.69, 9.17) is 5.26 Å². The highest BCUT2D eigenvalue weighted by molar-refractivity contribution is 8.00. The van der Waals surface area contributed by atoms with Crippen molar-refractivity contribution in [3.63, 3.8) is 0 Å². The van der Waals surface area contributed by atoms with Gasteiger partial charge >= 0.3 is 0 Å². The average Bonchev–Trinajstić information content (AvgIpc) is 2.42. The summed E-state index contributed by atoms with van der Waals surface area (Å²) in [6, 6.07) is 7.56. The Hall–Kier alpha value is -1.80. The average molecular weight is 288 g/mol. The lowest BCUT2D eigenvalue weighted by Gasteiger charge is -2.32. The van der Waals surface area contributed by atoms with Crippen LogP contribution in [-0.2, 0) is 4.79 Å². The van der Waals surface area contributed by atoms with Crippen LogP contribution in [0.3, 0.4) is 0 Å². The summed E-state index contributed by atoms with van der Waals surface area (Å²) in [6.45, 7) is 3.92. The van der Waals surface area contributed by atoms with E-state index >= 15 is 0 Å². The van der Waals surface area contributed by atoms with Crippen molar-refractivity contribution in [3.8, 4) is 6.07 Å². The van der Waals surface area contributed by atoms with Crippen LogP contribution in [0.15, 0.2) is 23.1 Å². The van der Waals surface area contributed by atoms with Gasteiger partial charge in [-0.1, -0.05) is 6.07 Å². The third-order valence-electron chi connectivity index (χ3n) is 3.24. The van der Waals surface area contributed by atoms with E-state index in [0.29, 0.717) is 24.9 Å². The number of hydrogen-bond acceptors (Lipinski definition) is 4. The summed E-state index contributed by atoms with van der Waals surface area (Å²) < 4.78 is 0. The van der Waals surface area contributed by atoms with Crippen LogP contribution < -0.4 is 4.90 Å². The Balaban J connectivity index is 2.36. The maximum Gasteiger partial charge on any atom is 0.240 e.